The summed E-state index contributed by atoms with van der Waals surface area (Å²) in [6.07, 6.45) is 1.37. The van der Waals surface area contributed by atoms with E-state index in [0.717, 1.165) is 0 Å². The zero-order chi connectivity index (χ0) is 15.4. The summed E-state index contributed by atoms with van der Waals surface area (Å²) in [7, 11) is 0. The topological polar surface area (TPSA) is 101 Å². The number of carboxylic acid groups (broad SMARTS) is 1. The molecule has 0 atom stereocenters. The normalized spacial score (nSPS) is 10.7. The van der Waals surface area contributed by atoms with Crippen LogP contribution in [0.3, 0.4) is 0 Å². The van der Waals surface area contributed by atoms with Crippen molar-refractivity contribution in [2.24, 2.45) is 10.8 Å². The minimum atomic E-state index is -1.07. The van der Waals surface area contributed by atoms with Gasteiger partial charge in [0, 0.05) is 10.6 Å². The first-order valence-corrected chi connectivity index (χ1v) is 6.47. The van der Waals surface area contributed by atoms with Crippen LogP contribution in [0.15, 0.2) is 39.9 Å². The van der Waals surface area contributed by atoms with Gasteiger partial charge in [-0.15, -0.1) is 0 Å². The van der Waals surface area contributed by atoms with Gasteiger partial charge < -0.3 is 15.3 Å². The fourth-order valence-electron chi connectivity index (χ4n) is 1.63. The average molecular weight is 324 g/mol. The second-order valence-electron chi connectivity index (χ2n) is 3.93. The molecule has 0 fully saturated rings. The fourth-order valence-corrected chi connectivity index (χ4v) is 1.86. The summed E-state index contributed by atoms with van der Waals surface area (Å²) in [5.41, 5.74) is 8.09. The third-order valence-corrected chi connectivity index (χ3v) is 2.80. The van der Waals surface area contributed by atoms with Crippen LogP contribution in [0.4, 0.5) is 0 Å². The van der Waals surface area contributed by atoms with Gasteiger partial charge in [0.1, 0.15) is 11.5 Å². The van der Waals surface area contributed by atoms with Crippen LogP contribution < -0.4 is 11.2 Å². The Balaban J connectivity index is 2.33. The number of nitrogens with zero attached hydrogens (tertiary/aromatic N) is 1. The minimum absolute atomic E-state index is 0.0287. The largest absolute Gasteiger partial charge is 0.478 e. The van der Waals surface area contributed by atoms with E-state index in [2.05, 4.69) is 22.7 Å². The van der Waals surface area contributed by atoms with E-state index in [1.165, 1.54) is 24.4 Å². The lowest BCUT2D eigenvalue weighted by molar-refractivity contribution is 0.0697. The first-order valence-electron chi connectivity index (χ1n) is 5.69. The first kappa shape index (κ1) is 15.0. The highest BCUT2D eigenvalue weighted by molar-refractivity contribution is 7.80. The summed E-state index contributed by atoms with van der Waals surface area (Å²) in [6.45, 7) is 0. The lowest BCUT2D eigenvalue weighted by Gasteiger charge is -2.03. The smallest absolute Gasteiger partial charge is 0.336 e. The van der Waals surface area contributed by atoms with Crippen molar-refractivity contribution < 1.29 is 14.3 Å². The standard InChI is InChI=1S/C13H10ClN3O3S/c14-7-1-3-9(12(18)19)10(5-7)11-4-2-8(20-11)6-16-17-13(15)21/h1-6H,(H,18,19)(H3,15,17,21). The quantitative estimate of drug-likeness (QED) is 0.454. The van der Waals surface area contributed by atoms with Crippen molar-refractivity contribution in [3.63, 3.8) is 0 Å². The van der Waals surface area contributed by atoms with E-state index in [9.17, 15) is 9.90 Å². The molecule has 2 aromatic rings. The van der Waals surface area contributed by atoms with Crippen molar-refractivity contribution >= 4 is 41.1 Å². The van der Waals surface area contributed by atoms with Crippen LogP contribution in [0.5, 0.6) is 0 Å². The van der Waals surface area contributed by atoms with E-state index >= 15 is 0 Å². The molecule has 0 aliphatic rings. The number of halogens is 1. The van der Waals surface area contributed by atoms with Gasteiger partial charge in [-0.1, -0.05) is 11.6 Å². The van der Waals surface area contributed by atoms with Gasteiger partial charge in [-0.2, -0.15) is 5.10 Å². The highest BCUT2D eigenvalue weighted by atomic mass is 35.5. The van der Waals surface area contributed by atoms with Crippen molar-refractivity contribution in [1.82, 2.24) is 5.43 Å². The van der Waals surface area contributed by atoms with E-state index in [1.54, 1.807) is 12.1 Å². The zero-order valence-corrected chi connectivity index (χ0v) is 12.1. The molecule has 0 saturated carbocycles. The number of rotatable bonds is 4. The number of hydrogen-bond donors (Lipinski definition) is 3. The Morgan fingerprint density at radius 2 is 2.19 bits per heavy atom. The van der Waals surface area contributed by atoms with Gasteiger partial charge in [0.05, 0.1) is 11.8 Å². The number of furan rings is 1. The van der Waals surface area contributed by atoms with Crippen molar-refractivity contribution in [3.8, 4) is 11.3 Å². The maximum atomic E-state index is 11.2. The molecule has 0 spiro atoms. The number of carbonyl (C=O) groups is 1. The van der Waals surface area contributed by atoms with Gasteiger partial charge in [0.25, 0.3) is 0 Å². The Morgan fingerprint density at radius 1 is 1.43 bits per heavy atom. The summed E-state index contributed by atoms with van der Waals surface area (Å²) in [6, 6.07) is 7.71. The predicted octanol–water partition coefficient (Wildman–Crippen LogP) is 2.47. The molecular weight excluding hydrogens is 314 g/mol. The van der Waals surface area contributed by atoms with Crippen LogP contribution in [0.1, 0.15) is 16.1 Å². The summed E-state index contributed by atoms with van der Waals surface area (Å²) in [5.74, 6) is -0.292. The van der Waals surface area contributed by atoms with E-state index in [-0.39, 0.29) is 10.7 Å². The average Bonchev–Trinajstić information content (AvgIpc) is 2.86. The number of thiocarbonyl (C=S) groups is 1. The maximum absolute atomic E-state index is 11.2. The van der Waals surface area contributed by atoms with Gasteiger partial charge in [-0.25, -0.2) is 4.79 Å². The van der Waals surface area contributed by atoms with Gasteiger partial charge in [0.15, 0.2) is 5.11 Å². The molecule has 2 rings (SSSR count). The monoisotopic (exact) mass is 323 g/mol. The van der Waals surface area contributed by atoms with Crippen LogP contribution in [-0.2, 0) is 0 Å². The van der Waals surface area contributed by atoms with Gasteiger partial charge >= 0.3 is 5.97 Å². The van der Waals surface area contributed by atoms with Crippen LogP contribution in [0.25, 0.3) is 11.3 Å². The Labute approximate surface area is 130 Å². The van der Waals surface area contributed by atoms with Crippen molar-refractivity contribution in [1.29, 1.82) is 0 Å². The molecule has 4 N–H and O–H groups in total. The fraction of sp³-hybridized carbons (Fsp3) is 0. The molecule has 0 aliphatic carbocycles. The number of nitrogens with one attached hydrogen (secondary N) is 1. The number of carboxylic acids is 1. The molecule has 1 heterocycles. The first-order chi connectivity index (χ1) is 9.97. The molecule has 0 aliphatic heterocycles. The van der Waals surface area contributed by atoms with Gasteiger partial charge in [-0.05, 0) is 42.5 Å². The molecule has 1 aromatic heterocycles. The van der Waals surface area contributed by atoms with E-state index in [1.807, 2.05) is 0 Å². The van der Waals surface area contributed by atoms with E-state index in [4.69, 9.17) is 21.8 Å². The number of hydrazone groups is 1. The summed E-state index contributed by atoms with van der Waals surface area (Å²) < 4.78 is 5.50. The summed E-state index contributed by atoms with van der Waals surface area (Å²) in [4.78, 5) is 11.2. The second-order valence-corrected chi connectivity index (χ2v) is 4.81. The molecule has 0 radical (unpaired) electrons. The Hall–Kier alpha value is -2.38. The van der Waals surface area contributed by atoms with E-state index in [0.29, 0.717) is 22.1 Å². The van der Waals surface area contributed by atoms with Gasteiger partial charge in [-0.3, -0.25) is 5.43 Å². The van der Waals surface area contributed by atoms with Crippen LogP contribution >= 0.6 is 23.8 Å². The molecule has 21 heavy (non-hydrogen) atoms. The SMILES string of the molecule is NC(=S)NN=Cc1ccc(-c2cc(Cl)ccc2C(=O)O)o1. The second kappa shape index (κ2) is 6.38. The molecule has 1 aromatic carbocycles. The Morgan fingerprint density at radius 3 is 2.86 bits per heavy atom. The van der Waals surface area contributed by atoms with E-state index < -0.39 is 5.97 Å². The Bertz CT molecular complexity index is 727. The lowest BCUT2D eigenvalue weighted by Crippen LogP contribution is -2.23. The number of hydrogen-bond acceptors (Lipinski definition) is 4. The summed E-state index contributed by atoms with van der Waals surface area (Å²) >= 11 is 10.5. The van der Waals surface area contributed by atoms with Crippen LogP contribution in [-0.4, -0.2) is 22.4 Å². The van der Waals surface area contributed by atoms with Crippen molar-refractivity contribution in [2.45, 2.75) is 0 Å². The van der Waals surface area contributed by atoms with Gasteiger partial charge in [0.2, 0.25) is 0 Å². The zero-order valence-electron chi connectivity index (χ0n) is 10.5. The molecule has 8 heteroatoms. The third-order valence-electron chi connectivity index (χ3n) is 2.47. The predicted molar refractivity (Wildman–Crippen MR) is 83.6 cm³/mol. The number of benzene rings is 1. The Kier molecular flexibility index (Phi) is 4.56. The van der Waals surface area contributed by atoms with Crippen LogP contribution in [0.2, 0.25) is 5.02 Å². The van der Waals surface area contributed by atoms with Crippen molar-refractivity contribution in [2.75, 3.05) is 0 Å². The molecular formula is C13H10ClN3O3S. The number of nitrogens with two attached hydrogens (primary N) is 1. The molecule has 0 amide bonds. The lowest BCUT2D eigenvalue weighted by atomic mass is 10.1. The molecule has 6 nitrogen and oxygen atoms in total. The third kappa shape index (κ3) is 3.80. The maximum Gasteiger partial charge on any atom is 0.336 e. The minimum Gasteiger partial charge on any atom is -0.478 e. The molecule has 0 unspecified atom stereocenters. The van der Waals surface area contributed by atoms with Crippen LogP contribution in [0, 0.1) is 0 Å². The molecule has 0 bridgehead atoms. The summed E-state index contributed by atoms with van der Waals surface area (Å²) in [5, 5.41) is 13.4. The molecule has 108 valence electrons. The number of aromatic carboxylic acids is 1. The van der Waals surface area contributed by atoms with Crippen molar-refractivity contribution in [3.05, 3.63) is 46.7 Å². The highest BCUT2D eigenvalue weighted by Gasteiger charge is 2.15. The molecule has 0 saturated heterocycles. The highest BCUT2D eigenvalue weighted by Crippen LogP contribution is 2.28.